The van der Waals surface area contributed by atoms with E-state index < -0.39 is 0 Å². The Bertz CT molecular complexity index is 206. The van der Waals surface area contributed by atoms with Crippen LogP contribution in [-0.2, 0) is 5.75 Å². The summed E-state index contributed by atoms with van der Waals surface area (Å²) in [4.78, 5) is 4.09. The number of halogens is 2. The number of aromatic nitrogens is 1. The van der Waals surface area contributed by atoms with Gasteiger partial charge in [-0.1, -0.05) is 6.07 Å². The van der Waals surface area contributed by atoms with E-state index in [9.17, 15) is 0 Å². The first-order valence-corrected chi connectivity index (χ1v) is 3.99. The minimum atomic E-state index is 0. The van der Waals surface area contributed by atoms with Crippen LogP contribution in [0.3, 0.4) is 0 Å². The summed E-state index contributed by atoms with van der Waals surface area (Å²) in [5.41, 5.74) is 2.35. The van der Waals surface area contributed by atoms with Gasteiger partial charge < -0.3 is 5.41 Å². The van der Waals surface area contributed by atoms with Crippen LogP contribution in [0.1, 0.15) is 5.69 Å². The summed E-state index contributed by atoms with van der Waals surface area (Å²) in [6, 6.07) is 5.79. The van der Waals surface area contributed by atoms with E-state index in [2.05, 4.69) is 4.98 Å². The molecular weight excluding hydrogens is 215 g/mol. The number of hydrogen-bond acceptors (Lipinski definition) is 3. The second-order valence-electron chi connectivity index (χ2n) is 1.75. The minimum absolute atomic E-state index is 0. The smallest absolute Gasteiger partial charge is 0.0510 e. The molecule has 1 rings (SSSR count). The Morgan fingerprint density at radius 1 is 1.42 bits per heavy atom. The van der Waals surface area contributed by atoms with Gasteiger partial charge in [0.2, 0.25) is 0 Å². The van der Waals surface area contributed by atoms with Crippen LogP contribution in [-0.4, -0.2) is 10.5 Å². The predicted molar refractivity (Wildman–Crippen MR) is 58.8 cm³/mol. The van der Waals surface area contributed by atoms with Crippen molar-refractivity contribution in [1.82, 2.24) is 4.98 Å². The molecule has 0 aromatic carbocycles. The SMILES string of the molecule is Cl.Cl.N=CSCc1ccccn1. The molecule has 0 aliphatic rings. The van der Waals surface area contributed by atoms with E-state index in [1.54, 1.807) is 6.20 Å². The second-order valence-corrected chi connectivity index (χ2v) is 2.61. The Balaban J connectivity index is 0. The lowest BCUT2D eigenvalue weighted by Crippen LogP contribution is -1.82. The van der Waals surface area contributed by atoms with E-state index >= 15 is 0 Å². The second kappa shape index (κ2) is 8.84. The van der Waals surface area contributed by atoms with E-state index in [0.29, 0.717) is 0 Å². The van der Waals surface area contributed by atoms with Crippen LogP contribution in [0.4, 0.5) is 0 Å². The summed E-state index contributed by atoms with van der Waals surface area (Å²) >= 11 is 1.44. The van der Waals surface area contributed by atoms with Gasteiger partial charge in [-0.25, -0.2) is 0 Å². The highest BCUT2D eigenvalue weighted by Gasteiger charge is 1.88. The number of nitrogens with zero attached hydrogens (tertiary/aromatic N) is 1. The maximum Gasteiger partial charge on any atom is 0.0510 e. The quantitative estimate of drug-likeness (QED) is 0.634. The average Bonchev–Trinajstić information content (AvgIpc) is 2.03. The highest BCUT2D eigenvalue weighted by atomic mass is 35.5. The van der Waals surface area contributed by atoms with E-state index in [1.807, 2.05) is 18.2 Å². The number of hydrogen-bond donors (Lipinski definition) is 1. The van der Waals surface area contributed by atoms with E-state index in [0.717, 1.165) is 11.4 Å². The van der Waals surface area contributed by atoms with Crippen molar-refractivity contribution in [3.05, 3.63) is 30.1 Å². The van der Waals surface area contributed by atoms with Gasteiger partial charge in [-0.2, -0.15) is 0 Å². The first-order valence-electron chi connectivity index (χ1n) is 2.94. The fraction of sp³-hybridized carbons (Fsp3) is 0.143. The topological polar surface area (TPSA) is 36.7 Å². The van der Waals surface area contributed by atoms with Crippen LogP contribution in [0.5, 0.6) is 0 Å². The molecule has 1 heterocycles. The van der Waals surface area contributed by atoms with Gasteiger partial charge in [0.25, 0.3) is 0 Å². The van der Waals surface area contributed by atoms with Crippen LogP contribution in [0.15, 0.2) is 24.4 Å². The molecule has 12 heavy (non-hydrogen) atoms. The highest BCUT2D eigenvalue weighted by molar-refractivity contribution is 8.11. The van der Waals surface area contributed by atoms with Crippen LogP contribution in [0.25, 0.3) is 0 Å². The first kappa shape index (κ1) is 14.3. The Morgan fingerprint density at radius 2 is 2.17 bits per heavy atom. The third kappa shape index (κ3) is 5.41. The number of thioether (sulfide) groups is 1. The lowest BCUT2D eigenvalue weighted by molar-refractivity contribution is 1.18. The predicted octanol–water partition coefficient (Wildman–Crippen LogP) is 2.77. The van der Waals surface area contributed by atoms with Crippen molar-refractivity contribution in [2.24, 2.45) is 0 Å². The van der Waals surface area contributed by atoms with Gasteiger partial charge in [-0.15, -0.1) is 36.6 Å². The summed E-state index contributed by atoms with van der Waals surface area (Å²) in [6.45, 7) is 0. The van der Waals surface area contributed by atoms with Crippen LogP contribution >= 0.6 is 36.6 Å². The van der Waals surface area contributed by atoms with Gasteiger partial charge in [0.1, 0.15) is 0 Å². The summed E-state index contributed by atoms with van der Waals surface area (Å²) in [7, 11) is 0. The summed E-state index contributed by atoms with van der Waals surface area (Å²) in [5, 5.41) is 6.76. The minimum Gasteiger partial charge on any atom is -0.302 e. The third-order valence-electron chi connectivity index (χ3n) is 1.04. The average molecular weight is 225 g/mol. The van der Waals surface area contributed by atoms with E-state index in [-0.39, 0.29) is 24.8 Å². The molecule has 0 bridgehead atoms. The largest absolute Gasteiger partial charge is 0.302 e. The molecule has 0 saturated heterocycles. The molecule has 0 spiro atoms. The highest BCUT2D eigenvalue weighted by Crippen LogP contribution is 2.04. The third-order valence-corrected chi connectivity index (χ3v) is 1.67. The zero-order valence-electron chi connectivity index (χ0n) is 6.27. The van der Waals surface area contributed by atoms with Crippen LogP contribution in [0, 0.1) is 5.41 Å². The lowest BCUT2D eigenvalue weighted by Gasteiger charge is -1.92. The van der Waals surface area contributed by atoms with Gasteiger partial charge in [-0.3, -0.25) is 4.98 Å². The fourth-order valence-electron chi connectivity index (χ4n) is 0.611. The molecule has 0 aliphatic heterocycles. The van der Waals surface area contributed by atoms with Crippen molar-refractivity contribution in [3.63, 3.8) is 0 Å². The standard InChI is InChI=1S/C7H8N2S.2ClH/c8-6-10-5-7-3-1-2-4-9-7;;/h1-4,6,8H,5H2;2*1H. The summed E-state index contributed by atoms with van der Waals surface area (Å²) in [6.07, 6.45) is 1.76. The van der Waals surface area contributed by atoms with Gasteiger partial charge in [0.05, 0.1) is 11.2 Å². The zero-order chi connectivity index (χ0) is 7.23. The number of nitrogens with one attached hydrogen (secondary N) is 1. The molecule has 5 heteroatoms. The zero-order valence-corrected chi connectivity index (χ0v) is 8.72. The molecule has 1 N–H and O–H groups in total. The molecule has 0 radical (unpaired) electrons. The van der Waals surface area contributed by atoms with Gasteiger partial charge >= 0.3 is 0 Å². The van der Waals surface area contributed by atoms with Crippen LogP contribution in [0.2, 0.25) is 0 Å². The van der Waals surface area contributed by atoms with Crippen molar-refractivity contribution in [2.45, 2.75) is 5.75 Å². The summed E-state index contributed by atoms with van der Waals surface area (Å²) < 4.78 is 0. The maximum absolute atomic E-state index is 6.76. The molecule has 0 unspecified atom stereocenters. The molecule has 0 aliphatic carbocycles. The van der Waals surface area contributed by atoms with Crippen molar-refractivity contribution < 1.29 is 0 Å². The monoisotopic (exact) mass is 224 g/mol. The fourth-order valence-corrected chi connectivity index (χ4v) is 1.04. The van der Waals surface area contributed by atoms with Gasteiger partial charge in [0.15, 0.2) is 0 Å². The molecule has 0 amide bonds. The Morgan fingerprint density at radius 3 is 2.67 bits per heavy atom. The molecule has 0 atom stereocenters. The first-order chi connectivity index (χ1) is 4.93. The molecule has 1 aromatic heterocycles. The van der Waals surface area contributed by atoms with Crippen molar-refractivity contribution in [2.75, 3.05) is 0 Å². The van der Waals surface area contributed by atoms with E-state index in [4.69, 9.17) is 5.41 Å². The summed E-state index contributed by atoms with van der Waals surface area (Å²) in [5.74, 6) is 0.796. The molecule has 0 fully saturated rings. The normalized spacial score (nSPS) is 7.67. The van der Waals surface area contributed by atoms with Crippen LogP contribution < -0.4 is 0 Å². The van der Waals surface area contributed by atoms with Crippen molar-refractivity contribution >= 4 is 42.1 Å². The Hall–Kier alpha value is -0.250. The molecule has 0 saturated carbocycles. The molecule has 68 valence electrons. The van der Waals surface area contributed by atoms with Crippen molar-refractivity contribution in [3.8, 4) is 0 Å². The molecule has 2 nitrogen and oxygen atoms in total. The maximum atomic E-state index is 6.76. The molecule has 1 aromatic rings. The van der Waals surface area contributed by atoms with E-state index in [1.165, 1.54) is 17.3 Å². The van der Waals surface area contributed by atoms with Gasteiger partial charge in [0, 0.05) is 11.9 Å². The Labute approximate surface area is 88.5 Å². The Kier molecular flexibility index (Phi) is 10.5. The van der Waals surface area contributed by atoms with Gasteiger partial charge in [-0.05, 0) is 12.1 Å². The molecular formula is C7H10Cl2N2S. The lowest BCUT2D eigenvalue weighted by atomic mass is 10.4. The van der Waals surface area contributed by atoms with Crippen molar-refractivity contribution in [1.29, 1.82) is 5.41 Å². The number of rotatable bonds is 3. The number of pyridine rings is 1.